The zero-order chi connectivity index (χ0) is 73.7. The predicted octanol–water partition coefficient (Wildman–Crippen LogP) is 24.1. The van der Waals surface area contributed by atoms with Gasteiger partial charge in [-0.1, -0.05) is 370 Å². The first-order valence-electron chi connectivity index (χ1n) is 41.9. The molecule has 0 saturated carbocycles. The van der Waals surface area contributed by atoms with Gasteiger partial charge >= 0.3 is 39.5 Å². The number of hydrogen-bond donors (Lipinski definition) is 3. The quantitative estimate of drug-likeness (QED) is 0.0222. The van der Waals surface area contributed by atoms with Gasteiger partial charge in [0.15, 0.2) is 12.2 Å². The summed E-state index contributed by atoms with van der Waals surface area (Å²) in [7, 11) is -9.92. The Kier molecular flexibility index (Phi) is 69.9. The van der Waals surface area contributed by atoms with Gasteiger partial charge in [-0.15, -0.1) is 0 Å². The second-order valence-corrected chi connectivity index (χ2v) is 33.3. The number of aliphatic hydroxyl groups is 1. The number of carbonyl (C=O) groups excluding carboxylic acids is 4. The highest BCUT2D eigenvalue weighted by molar-refractivity contribution is 7.47. The summed E-state index contributed by atoms with van der Waals surface area (Å²) >= 11 is 0. The zero-order valence-electron chi connectivity index (χ0n) is 65.7. The summed E-state index contributed by atoms with van der Waals surface area (Å²) < 4.78 is 68.6. The van der Waals surface area contributed by atoms with Crippen LogP contribution in [0.15, 0.2) is 0 Å². The summed E-state index contributed by atoms with van der Waals surface area (Å²) in [5, 5.41) is 10.6. The Labute approximate surface area is 613 Å². The molecule has 0 aliphatic heterocycles. The van der Waals surface area contributed by atoms with E-state index < -0.39 is 97.5 Å². The van der Waals surface area contributed by atoms with E-state index in [0.717, 1.165) is 108 Å². The van der Waals surface area contributed by atoms with E-state index >= 15 is 0 Å². The Balaban J connectivity index is 5.19. The third-order valence-corrected chi connectivity index (χ3v) is 21.1. The summed E-state index contributed by atoms with van der Waals surface area (Å²) in [6.07, 6.45) is 60.0. The molecule has 0 aliphatic carbocycles. The van der Waals surface area contributed by atoms with E-state index in [1.54, 1.807) is 0 Å². The standard InChI is InChI=1S/C81H158O17P2/c1-8-10-11-12-13-14-15-16-17-18-22-25-28-31-34-40-48-55-62-78(83)91-68-76(97-80(85)64-57-50-41-35-32-29-26-23-20-19-21-24-27-30-33-39-47-54-61-74(7)9-2)70-95-99(87,88)93-66-75(82)67-94-100(89,90)96-71-77(69-92-79(84)63-56-49-44-43-46-53-60-73(5)6)98-81(86)65-58-51-42-37-36-38-45-52-59-72(3)4/h72-77,82H,8-71H2,1-7H3,(H,87,88)(H,89,90)/t74?,75-,76-,77-/m1/s1. The van der Waals surface area contributed by atoms with Crippen LogP contribution in [-0.4, -0.2) is 96.7 Å². The van der Waals surface area contributed by atoms with Crippen LogP contribution < -0.4 is 0 Å². The van der Waals surface area contributed by atoms with Gasteiger partial charge < -0.3 is 33.8 Å². The molecule has 0 fully saturated rings. The highest BCUT2D eigenvalue weighted by Gasteiger charge is 2.30. The van der Waals surface area contributed by atoms with Crippen LogP contribution >= 0.6 is 15.6 Å². The van der Waals surface area contributed by atoms with Gasteiger partial charge in [0.05, 0.1) is 26.4 Å². The number of rotatable bonds is 79. The molecule has 3 N–H and O–H groups in total. The van der Waals surface area contributed by atoms with Gasteiger partial charge in [-0.2, -0.15) is 0 Å². The summed E-state index contributed by atoms with van der Waals surface area (Å²) in [6.45, 7) is 11.9. The van der Waals surface area contributed by atoms with Crippen molar-refractivity contribution in [3.05, 3.63) is 0 Å². The van der Waals surface area contributed by atoms with Crippen molar-refractivity contribution in [1.29, 1.82) is 0 Å². The average Bonchev–Trinajstić information content (AvgIpc) is 0.927. The topological polar surface area (TPSA) is 237 Å². The fourth-order valence-electron chi connectivity index (χ4n) is 12.5. The van der Waals surface area contributed by atoms with E-state index in [9.17, 15) is 43.2 Å². The van der Waals surface area contributed by atoms with Crippen molar-refractivity contribution in [3.63, 3.8) is 0 Å². The van der Waals surface area contributed by atoms with Crippen LogP contribution in [0.1, 0.15) is 421 Å². The number of esters is 4. The minimum Gasteiger partial charge on any atom is -0.462 e. The Morgan fingerprint density at radius 2 is 0.510 bits per heavy atom. The van der Waals surface area contributed by atoms with Crippen molar-refractivity contribution in [1.82, 2.24) is 0 Å². The number of aliphatic hydroxyl groups excluding tert-OH is 1. The maximum Gasteiger partial charge on any atom is 0.472 e. The molecule has 0 radical (unpaired) electrons. The van der Waals surface area contributed by atoms with Crippen LogP contribution in [0.5, 0.6) is 0 Å². The van der Waals surface area contributed by atoms with Crippen LogP contribution in [0.4, 0.5) is 0 Å². The van der Waals surface area contributed by atoms with E-state index in [-0.39, 0.29) is 25.7 Å². The predicted molar refractivity (Wildman–Crippen MR) is 409 cm³/mol. The third-order valence-electron chi connectivity index (χ3n) is 19.2. The number of unbranched alkanes of at least 4 members (excludes halogenated alkanes) is 46. The molecular weight excluding hydrogens is 1310 g/mol. The van der Waals surface area contributed by atoms with Gasteiger partial charge in [0.25, 0.3) is 0 Å². The SMILES string of the molecule is CCCCCCCCCCCCCCCCCCCCC(=O)OC[C@H](COP(=O)(O)OC[C@@H](O)COP(=O)(O)OC[C@@H](COC(=O)CCCCCCCCC(C)C)OC(=O)CCCCCCCCCCC(C)C)OC(=O)CCCCCCCCCCCCCCCCCCCCC(C)CC. The van der Waals surface area contributed by atoms with Crippen LogP contribution in [0.3, 0.4) is 0 Å². The van der Waals surface area contributed by atoms with Crippen molar-refractivity contribution in [3.8, 4) is 0 Å². The van der Waals surface area contributed by atoms with Crippen LogP contribution in [0.2, 0.25) is 0 Å². The second kappa shape index (κ2) is 71.3. The van der Waals surface area contributed by atoms with Crippen LogP contribution in [-0.2, 0) is 65.4 Å². The zero-order valence-corrected chi connectivity index (χ0v) is 67.5. The Bertz CT molecular complexity index is 1940. The van der Waals surface area contributed by atoms with Gasteiger partial charge in [0, 0.05) is 25.7 Å². The van der Waals surface area contributed by atoms with Gasteiger partial charge in [-0.05, 0) is 43.4 Å². The van der Waals surface area contributed by atoms with Crippen molar-refractivity contribution in [2.45, 2.75) is 439 Å². The average molecular weight is 1470 g/mol. The second-order valence-electron chi connectivity index (χ2n) is 30.4. The number of phosphoric ester groups is 2. The molecular formula is C81H158O17P2. The summed E-state index contributed by atoms with van der Waals surface area (Å²) in [6, 6.07) is 0. The molecule has 6 atom stereocenters. The van der Waals surface area contributed by atoms with Gasteiger partial charge in [0.1, 0.15) is 19.3 Å². The molecule has 100 heavy (non-hydrogen) atoms. The van der Waals surface area contributed by atoms with Crippen molar-refractivity contribution >= 4 is 39.5 Å². The summed E-state index contributed by atoms with van der Waals surface area (Å²) in [5.41, 5.74) is 0. The first-order valence-corrected chi connectivity index (χ1v) is 44.9. The summed E-state index contributed by atoms with van der Waals surface area (Å²) in [4.78, 5) is 72.9. The van der Waals surface area contributed by atoms with E-state index in [4.69, 9.17) is 37.0 Å². The Morgan fingerprint density at radius 3 is 0.760 bits per heavy atom. The third kappa shape index (κ3) is 73.0. The minimum atomic E-state index is -4.96. The van der Waals surface area contributed by atoms with Crippen molar-refractivity contribution in [2.24, 2.45) is 17.8 Å². The molecule has 17 nitrogen and oxygen atoms in total. The lowest BCUT2D eigenvalue weighted by Gasteiger charge is -2.21. The van der Waals surface area contributed by atoms with Gasteiger partial charge in [0.2, 0.25) is 0 Å². The van der Waals surface area contributed by atoms with Gasteiger partial charge in [-0.25, -0.2) is 9.13 Å². The number of ether oxygens (including phenoxy) is 4. The molecule has 0 amide bonds. The molecule has 594 valence electrons. The number of phosphoric acid groups is 2. The van der Waals surface area contributed by atoms with E-state index in [1.165, 1.54) is 225 Å². The lowest BCUT2D eigenvalue weighted by molar-refractivity contribution is -0.161. The molecule has 0 rings (SSSR count). The molecule has 0 bridgehead atoms. The van der Waals surface area contributed by atoms with E-state index in [1.807, 2.05) is 0 Å². The fourth-order valence-corrected chi connectivity index (χ4v) is 14.0. The molecule has 0 spiro atoms. The van der Waals surface area contributed by atoms with E-state index in [2.05, 4.69) is 48.5 Å². The van der Waals surface area contributed by atoms with E-state index in [0.29, 0.717) is 31.6 Å². The molecule has 0 saturated heterocycles. The molecule has 0 aromatic rings. The summed E-state index contributed by atoms with van der Waals surface area (Å²) in [5.74, 6) is 0.152. The highest BCUT2D eigenvalue weighted by atomic mass is 31.2. The maximum absolute atomic E-state index is 13.1. The lowest BCUT2D eigenvalue weighted by Crippen LogP contribution is -2.30. The normalized spacial score (nSPS) is 14.2. The monoisotopic (exact) mass is 1470 g/mol. The van der Waals surface area contributed by atoms with Crippen molar-refractivity contribution < 1.29 is 80.2 Å². The molecule has 0 heterocycles. The molecule has 19 heteroatoms. The first kappa shape index (κ1) is 98.1. The number of carbonyl (C=O) groups is 4. The Hall–Kier alpha value is -1.94. The molecule has 0 aromatic carbocycles. The molecule has 0 aromatic heterocycles. The molecule has 3 unspecified atom stereocenters. The maximum atomic E-state index is 13.1. The molecule has 0 aliphatic rings. The van der Waals surface area contributed by atoms with Crippen LogP contribution in [0.25, 0.3) is 0 Å². The largest absolute Gasteiger partial charge is 0.472 e. The van der Waals surface area contributed by atoms with Gasteiger partial charge in [-0.3, -0.25) is 37.3 Å². The highest BCUT2D eigenvalue weighted by Crippen LogP contribution is 2.45. The fraction of sp³-hybridized carbons (Fsp3) is 0.951. The smallest absolute Gasteiger partial charge is 0.462 e. The minimum absolute atomic E-state index is 0.104. The van der Waals surface area contributed by atoms with Crippen molar-refractivity contribution in [2.75, 3.05) is 39.6 Å². The Morgan fingerprint density at radius 1 is 0.290 bits per heavy atom. The lowest BCUT2D eigenvalue weighted by atomic mass is 9.99. The van der Waals surface area contributed by atoms with Crippen LogP contribution in [0, 0.1) is 17.8 Å². The first-order chi connectivity index (χ1) is 48.3. The number of hydrogen-bond acceptors (Lipinski definition) is 15.